The third-order valence-electron chi connectivity index (χ3n) is 3.93. The summed E-state index contributed by atoms with van der Waals surface area (Å²) in [6.45, 7) is 10.3. The highest BCUT2D eigenvalue weighted by atomic mass is 35.5. The zero-order valence-electron chi connectivity index (χ0n) is 14.9. The molecule has 1 rings (SSSR count). The Hall–Kier alpha value is -0.830. The lowest BCUT2D eigenvalue weighted by Crippen LogP contribution is -2.29. The van der Waals surface area contributed by atoms with E-state index in [0.717, 1.165) is 18.1 Å². The number of halogens is 1. The fourth-order valence-corrected chi connectivity index (χ4v) is 2.61. The van der Waals surface area contributed by atoms with Crippen LogP contribution in [0.25, 0.3) is 6.08 Å². The van der Waals surface area contributed by atoms with Crippen molar-refractivity contribution >= 4 is 17.7 Å². The van der Waals surface area contributed by atoms with Gasteiger partial charge in [0, 0.05) is 11.6 Å². The van der Waals surface area contributed by atoms with Gasteiger partial charge in [0.15, 0.2) is 0 Å². The molecule has 0 aromatic heterocycles. The third-order valence-corrected chi connectivity index (χ3v) is 4.18. The minimum atomic E-state index is 0.788. The molecule has 0 spiro atoms. The lowest BCUT2D eigenvalue weighted by atomic mass is 10.2. The molecule has 0 unspecified atom stereocenters. The second kappa shape index (κ2) is 13.6. The molecule has 0 saturated heterocycles. The molecule has 0 aliphatic heterocycles. The first-order chi connectivity index (χ1) is 11.3. The van der Waals surface area contributed by atoms with Gasteiger partial charge in [-0.1, -0.05) is 62.6 Å². The van der Waals surface area contributed by atoms with E-state index in [4.69, 9.17) is 11.6 Å². The van der Waals surface area contributed by atoms with Gasteiger partial charge in [-0.2, -0.15) is 0 Å². The Labute approximate surface area is 147 Å². The zero-order valence-corrected chi connectivity index (χ0v) is 15.6. The Kier molecular flexibility index (Phi) is 11.9. The van der Waals surface area contributed by atoms with E-state index in [2.05, 4.69) is 36.2 Å². The Bertz CT molecular complexity index is 406. The van der Waals surface area contributed by atoms with E-state index < -0.39 is 0 Å². The minimum absolute atomic E-state index is 0.788. The summed E-state index contributed by atoms with van der Waals surface area (Å²) < 4.78 is 0. The first-order valence-electron chi connectivity index (χ1n) is 9.11. The summed E-state index contributed by atoms with van der Waals surface area (Å²) in [5, 5.41) is 4.28. The van der Waals surface area contributed by atoms with Crippen molar-refractivity contribution in [2.75, 3.05) is 32.7 Å². The summed E-state index contributed by atoms with van der Waals surface area (Å²) in [7, 11) is 0. The van der Waals surface area contributed by atoms with Crippen LogP contribution in [-0.2, 0) is 0 Å². The predicted octanol–water partition coefficient (Wildman–Crippen LogP) is 5.24. The summed E-state index contributed by atoms with van der Waals surface area (Å²) in [4.78, 5) is 2.62. The van der Waals surface area contributed by atoms with Crippen LogP contribution in [0.4, 0.5) is 0 Å². The number of hydrogen-bond acceptors (Lipinski definition) is 2. The monoisotopic (exact) mass is 336 g/mol. The van der Waals surface area contributed by atoms with Crippen LogP contribution in [0.15, 0.2) is 30.3 Å². The van der Waals surface area contributed by atoms with Crippen molar-refractivity contribution in [1.82, 2.24) is 10.2 Å². The van der Waals surface area contributed by atoms with Gasteiger partial charge in [0.2, 0.25) is 0 Å². The number of hydrogen-bond donors (Lipinski definition) is 1. The van der Waals surface area contributed by atoms with Crippen LogP contribution in [0, 0.1) is 0 Å². The zero-order chi connectivity index (χ0) is 16.8. The third kappa shape index (κ3) is 10.5. The van der Waals surface area contributed by atoms with Crippen molar-refractivity contribution in [3.8, 4) is 0 Å². The van der Waals surface area contributed by atoms with Crippen LogP contribution in [0.3, 0.4) is 0 Å². The smallest absolute Gasteiger partial charge is 0.0406 e. The highest BCUT2D eigenvalue weighted by Crippen LogP contribution is 2.10. The normalized spacial score (nSPS) is 11.7. The molecular formula is C20H33ClN2. The van der Waals surface area contributed by atoms with Crippen molar-refractivity contribution in [3.63, 3.8) is 0 Å². The molecule has 0 aliphatic rings. The largest absolute Gasteiger partial charge is 0.313 e. The first-order valence-corrected chi connectivity index (χ1v) is 9.49. The van der Waals surface area contributed by atoms with Crippen molar-refractivity contribution in [2.24, 2.45) is 0 Å². The van der Waals surface area contributed by atoms with E-state index in [9.17, 15) is 0 Å². The van der Waals surface area contributed by atoms with Crippen LogP contribution in [0.2, 0.25) is 5.02 Å². The summed E-state index contributed by atoms with van der Waals surface area (Å²) in [6, 6.07) is 7.93. The van der Waals surface area contributed by atoms with Crippen LogP contribution in [0.5, 0.6) is 0 Å². The molecule has 2 nitrogen and oxygen atoms in total. The Morgan fingerprint density at radius 3 is 2.17 bits per heavy atom. The minimum Gasteiger partial charge on any atom is -0.313 e. The van der Waals surface area contributed by atoms with Gasteiger partial charge in [0.1, 0.15) is 0 Å². The number of unbranched alkanes of at least 4 members (excludes halogenated alkanes) is 2. The molecule has 3 heteroatoms. The quantitative estimate of drug-likeness (QED) is 0.496. The fraction of sp³-hybridized carbons (Fsp3) is 0.600. The molecule has 0 radical (unpaired) electrons. The molecular weight excluding hydrogens is 304 g/mol. The number of rotatable bonds is 13. The predicted molar refractivity (Wildman–Crippen MR) is 104 cm³/mol. The lowest BCUT2D eigenvalue weighted by Gasteiger charge is -2.21. The summed E-state index contributed by atoms with van der Waals surface area (Å²) in [5.74, 6) is 0. The van der Waals surface area contributed by atoms with E-state index in [1.54, 1.807) is 0 Å². The Morgan fingerprint density at radius 1 is 0.957 bits per heavy atom. The second-order valence-electron chi connectivity index (χ2n) is 6.06. The fourth-order valence-electron chi connectivity index (χ4n) is 2.48. The molecule has 0 fully saturated rings. The summed E-state index contributed by atoms with van der Waals surface area (Å²) in [6.07, 6.45) is 10.8. The Morgan fingerprint density at radius 2 is 1.57 bits per heavy atom. The molecule has 1 N–H and O–H groups in total. The molecule has 0 heterocycles. The van der Waals surface area contributed by atoms with Crippen LogP contribution in [-0.4, -0.2) is 37.6 Å². The SMILES string of the molecule is CCCCN(CCCC)CCCNC/C=C/c1ccc(Cl)cc1. The maximum atomic E-state index is 5.88. The number of nitrogens with zero attached hydrogens (tertiary/aromatic N) is 1. The van der Waals surface area contributed by atoms with Crippen LogP contribution in [0.1, 0.15) is 51.5 Å². The van der Waals surface area contributed by atoms with Gasteiger partial charge in [-0.15, -0.1) is 0 Å². The van der Waals surface area contributed by atoms with Gasteiger partial charge in [-0.05, 0) is 63.1 Å². The average Bonchev–Trinajstić information content (AvgIpc) is 2.57. The highest BCUT2D eigenvalue weighted by molar-refractivity contribution is 6.30. The highest BCUT2D eigenvalue weighted by Gasteiger charge is 2.02. The molecule has 0 atom stereocenters. The second-order valence-corrected chi connectivity index (χ2v) is 6.50. The molecule has 1 aromatic rings. The van der Waals surface area contributed by atoms with Gasteiger partial charge >= 0.3 is 0 Å². The lowest BCUT2D eigenvalue weighted by molar-refractivity contribution is 0.261. The number of nitrogens with one attached hydrogen (secondary N) is 1. The van der Waals surface area contributed by atoms with Gasteiger partial charge in [-0.3, -0.25) is 0 Å². The van der Waals surface area contributed by atoms with Gasteiger partial charge in [-0.25, -0.2) is 0 Å². The molecule has 130 valence electrons. The van der Waals surface area contributed by atoms with E-state index >= 15 is 0 Å². The standard InChI is InChI=1S/C20H33ClN2/c1-3-5-16-23(17-6-4-2)18-8-15-22-14-7-9-19-10-12-20(21)13-11-19/h7,9-13,22H,3-6,8,14-18H2,1-2H3/b9-7+. The van der Waals surface area contributed by atoms with E-state index in [0.29, 0.717) is 0 Å². The molecule has 0 aliphatic carbocycles. The summed E-state index contributed by atoms with van der Waals surface area (Å²) >= 11 is 5.88. The molecule has 0 saturated carbocycles. The van der Waals surface area contributed by atoms with E-state index in [1.807, 2.05) is 24.3 Å². The Balaban J connectivity index is 2.11. The maximum Gasteiger partial charge on any atom is 0.0406 e. The molecule has 0 bridgehead atoms. The van der Waals surface area contributed by atoms with E-state index in [-0.39, 0.29) is 0 Å². The van der Waals surface area contributed by atoms with Gasteiger partial charge < -0.3 is 10.2 Å². The van der Waals surface area contributed by atoms with Crippen molar-refractivity contribution in [2.45, 2.75) is 46.0 Å². The molecule has 23 heavy (non-hydrogen) atoms. The number of benzene rings is 1. The van der Waals surface area contributed by atoms with Crippen molar-refractivity contribution in [3.05, 3.63) is 40.9 Å². The van der Waals surface area contributed by atoms with Gasteiger partial charge in [0.05, 0.1) is 0 Å². The van der Waals surface area contributed by atoms with Crippen molar-refractivity contribution < 1.29 is 0 Å². The van der Waals surface area contributed by atoms with E-state index in [1.165, 1.54) is 57.3 Å². The van der Waals surface area contributed by atoms with Crippen molar-refractivity contribution in [1.29, 1.82) is 0 Å². The average molecular weight is 337 g/mol. The van der Waals surface area contributed by atoms with Gasteiger partial charge in [0.25, 0.3) is 0 Å². The topological polar surface area (TPSA) is 15.3 Å². The first kappa shape index (κ1) is 20.2. The molecule has 0 amide bonds. The summed E-state index contributed by atoms with van der Waals surface area (Å²) in [5.41, 5.74) is 1.20. The van der Waals surface area contributed by atoms with Crippen LogP contribution < -0.4 is 5.32 Å². The molecule has 1 aromatic carbocycles. The maximum absolute atomic E-state index is 5.88. The van der Waals surface area contributed by atoms with Crippen LogP contribution >= 0.6 is 11.6 Å².